The molecule has 0 fully saturated rings. The van der Waals surface area contributed by atoms with E-state index in [2.05, 4.69) is 51.1 Å². The highest BCUT2D eigenvalue weighted by atomic mass is 16.5. The van der Waals surface area contributed by atoms with E-state index in [0.29, 0.717) is 30.3 Å². The lowest BCUT2D eigenvalue weighted by molar-refractivity contribution is -0.139. The molecule has 0 saturated carbocycles. The first-order valence-electron chi connectivity index (χ1n) is 13.5. The summed E-state index contributed by atoms with van der Waals surface area (Å²) >= 11 is 0. The Kier molecular flexibility index (Phi) is 10.7. The Bertz CT molecular complexity index is 1180. The van der Waals surface area contributed by atoms with Gasteiger partial charge in [-0.15, -0.1) is 0 Å². The van der Waals surface area contributed by atoms with Crippen molar-refractivity contribution in [1.82, 2.24) is 0 Å². The predicted molar refractivity (Wildman–Crippen MR) is 154 cm³/mol. The second-order valence-electron chi connectivity index (χ2n) is 9.95. The van der Waals surface area contributed by atoms with Gasteiger partial charge < -0.3 is 9.47 Å². The van der Waals surface area contributed by atoms with E-state index < -0.39 is 11.4 Å². The van der Waals surface area contributed by atoms with Crippen molar-refractivity contribution in [1.29, 1.82) is 5.26 Å². The molecule has 0 heterocycles. The van der Waals surface area contributed by atoms with Gasteiger partial charge in [0.2, 0.25) is 0 Å². The van der Waals surface area contributed by atoms with Crippen LogP contribution in [0.3, 0.4) is 0 Å². The van der Waals surface area contributed by atoms with Crippen molar-refractivity contribution < 1.29 is 14.3 Å². The van der Waals surface area contributed by atoms with Crippen LogP contribution in [0.5, 0.6) is 5.75 Å². The van der Waals surface area contributed by atoms with Gasteiger partial charge >= 0.3 is 5.97 Å². The molecule has 4 nitrogen and oxygen atoms in total. The molecule has 0 aliphatic heterocycles. The van der Waals surface area contributed by atoms with Gasteiger partial charge in [-0.1, -0.05) is 113 Å². The maximum absolute atomic E-state index is 13.4. The molecule has 0 saturated heterocycles. The fourth-order valence-corrected chi connectivity index (χ4v) is 4.86. The molecule has 3 aromatic rings. The fraction of sp³-hybridized carbons (Fsp3) is 0.353. The van der Waals surface area contributed by atoms with Gasteiger partial charge in [-0.3, -0.25) is 0 Å². The van der Waals surface area contributed by atoms with Gasteiger partial charge in [0, 0.05) is 5.41 Å². The molecule has 0 bridgehead atoms. The van der Waals surface area contributed by atoms with E-state index in [1.807, 2.05) is 60.7 Å². The van der Waals surface area contributed by atoms with Crippen LogP contribution in [0.15, 0.2) is 90.5 Å². The Balaban J connectivity index is 2.10. The quantitative estimate of drug-likeness (QED) is 0.133. The average molecular weight is 510 g/mol. The molecule has 4 heteroatoms. The Hall–Kier alpha value is -3.84. The van der Waals surface area contributed by atoms with Gasteiger partial charge in [-0.05, 0) is 53.2 Å². The first kappa shape index (κ1) is 28.7. The lowest BCUT2D eigenvalue weighted by Crippen LogP contribution is -2.25. The zero-order valence-corrected chi connectivity index (χ0v) is 23.1. The van der Waals surface area contributed by atoms with E-state index >= 15 is 0 Å². The number of ether oxygens (including phenoxy) is 2. The molecule has 198 valence electrons. The third-order valence-electron chi connectivity index (χ3n) is 7.40. The first-order chi connectivity index (χ1) is 18.5. The van der Waals surface area contributed by atoms with Crippen molar-refractivity contribution in [3.8, 4) is 11.8 Å². The van der Waals surface area contributed by atoms with Crippen molar-refractivity contribution >= 4 is 11.5 Å². The van der Waals surface area contributed by atoms with Crippen LogP contribution in [0.1, 0.15) is 69.6 Å². The summed E-state index contributed by atoms with van der Waals surface area (Å²) in [5, 5.41) is 10.3. The van der Waals surface area contributed by atoms with Gasteiger partial charge in [0.1, 0.15) is 17.4 Å². The van der Waals surface area contributed by atoms with E-state index in [9.17, 15) is 10.1 Å². The number of allylic oxidation sites excluding steroid dienone is 1. The number of rotatable bonds is 13. The lowest BCUT2D eigenvalue weighted by Gasteiger charge is -2.33. The van der Waals surface area contributed by atoms with E-state index in [1.54, 1.807) is 7.11 Å². The van der Waals surface area contributed by atoms with E-state index in [4.69, 9.17) is 9.47 Å². The minimum absolute atomic E-state index is 0.0543. The van der Waals surface area contributed by atoms with Gasteiger partial charge in [0.25, 0.3) is 0 Å². The van der Waals surface area contributed by atoms with Gasteiger partial charge in [-0.2, -0.15) is 5.26 Å². The molecule has 0 aliphatic rings. The van der Waals surface area contributed by atoms with Crippen LogP contribution in [0.2, 0.25) is 0 Å². The normalized spacial score (nSPS) is 12.7. The number of nitrogens with zero attached hydrogens (tertiary/aromatic N) is 1. The molecule has 38 heavy (non-hydrogen) atoms. The van der Waals surface area contributed by atoms with Crippen molar-refractivity contribution in [3.05, 3.63) is 107 Å². The molecule has 0 radical (unpaired) electrons. The largest absolute Gasteiger partial charge is 0.497 e. The van der Waals surface area contributed by atoms with Crippen molar-refractivity contribution in [3.63, 3.8) is 0 Å². The number of hydrogen-bond acceptors (Lipinski definition) is 4. The third kappa shape index (κ3) is 7.13. The summed E-state index contributed by atoms with van der Waals surface area (Å²) in [6, 6.07) is 30.2. The van der Waals surface area contributed by atoms with E-state index in [-0.39, 0.29) is 5.57 Å². The van der Waals surface area contributed by atoms with Crippen molar-refractivity contribution in [2.45, 2.75) is 58.3 Å². The lowest BCUT2D eigenvalue weighted by atomic mass is 9.70. The minimum Gasteiger partial charge on any atom is -0.497 e. The van der Waals surface area contributed by atoms with Crippen LogP contribution in [0.25, 0.3) is 5.57 Å². The van der Waals surface area contributed by atoms with E-state index in [1.165, 1.54) is 0 Å². The molecule has 0 spiro atoms. The number of methoxy groups -OCH3 is 1. The molecule has 3 rings (SSSR count). The molecule has 0 aromatic heterocycles. The molecular formula is C34H39NO3. The summed E-state index contributed by atoms with van der Waals surface area (Å²) in [5.41, 5.74) is 3.24. The Morgan fingerprint density at radius 2 is 1.50 bits per heavy atom. The highest BCUT2D eigenvalue weighted by molar-refractivity contribution is 6.02. The maximum atomic E-state index is 13.4. The molecule has 0 aliphatic carbocycles. The number of nitriles is 1. The highest BCUT2D eigenvalue weighted by Crippen LogP contribution is 2.42. The minimum atomic E-state index is -0.559. The zero-order valence-electron chi connectivity index (χ0n) is 23.1. The van der Waals surface area contributed by atoms with Crippen LogP contribution in [0, 0.1) is 17.2 Å². The molecule has 0 amide bonds. The van der Waals surface area contributed by atoms with Gasteiger partial charge in [-0.25, -0.2) is 4.79 Å². The number of carbonyl (C=O) groups is 1. The topological polar surface area (TPSA) is 59.3 Å². The molecule has 1 atom stereocenters. The zero-order chi connectivity index (χ0) is 27.4. The maximum Gasteiger partial charge on any atom is 0.349 e. The van der Waals surface area contributed by atoms with Crippen molar-refractivity contribution in [2.24, 2.45) is 5.92 Å². The molecule has 3 aromatic carbocycles. The third-order valence-corrected chi connectivity index (χ3v) is 7.40. The van der Waals surface area contributed by atoms with Crippen molar-refractivity contribution in [2.75, 3.05) is 13.7 Å². The summed E-state index contributed by atoms with van der Waals surface area (Å²) in [6.45, 7) is 6.76. The summed E-state index contributed by atoms with van der Waals surface area (Å²) in [5.74, 6) is 0.448. The van der Waals surface area contributed by atoms with Gasteiger partial charge in [0.15, 0.2) is 0 Å². The van der Waals surface area contributed by atoms with E-state index in [0.717, 1.165) is 42.4 Å². The Labute approximate surface area is 227 Å². The standard InChI is InChI=1S/C34H39NO3/c1-5-7-14-26(6-2)25-38-33(36)32(24-35)31(27-19-21-30(37-4)22-20-27)23-34(3,28-15-10-8-11-16-28)29-17-12-9-13-18-29/h8-13,15-22,26H,5-7,14,23,25H2,1-4H3. The Morgan fingerprint density at radius 3 is 1.97 bits per heavy atom. The van der Waals surface area contributed by atoms with Crippen LogP contribution in [-0.2, 0) is 14.9 Å². The summed E-state index contributed by atoms with van der Waals surface area (Å²) in [7, 11) is 1.62. The fourth-order valence-electron chi connectivity index (χ4n) is 4.86. The Morgan fingerprint density at radius 1 is 0.921 bits per heavy atom. The summed E-state index contributed by atoms with van der Waals surface area (Å²) < 4.78 is 11.1. The highest BCUT2D eigenvalue weighted by Gasteiger charge is 2.33. The predicted octanol–water partition coefficient (Wildman–Crippen LogP) is 8.13. The smallest absolute Gasteiger partial charge is 0.349 e. The molecular weight excluding hydrogens is 470 g/mol. The monoisotopic (exact) mass is 509 g/mol. The number of hydrogen-bond donors (Lipinski definition) is 0. The number of esters is 1. The van der Waals surface area contributed by atoms with Crippen LogP contribution >= 0.6 is 0 Å². The number of unbranched alkanes of at least 4 members (excludes halogenated alkanes) is 1. The summed E-state index contributed by atoms with van der Waals surface area (Å²) in [4.78, 5) is 13.4. The number of carbonyl (C=O) groups excluding carboxylic acids is 1. The number of benzene rings is 3. The average Bonchev–Trinajstić information content (AvgIpc) is 2.98. The van der Waals surface area contributed by atoms with Crippen LogP contribution < -0.4 is 4.74 Å². The van der Waals surface area contributed by atoms with Gasteiger partial charge in [0.05, 0.1) is 13.7 Å². The molecule has 1 unspecified atom stereocenters. The summed E-state index contributed by atoms with van der Waals surface area (Å²) in [6.07, 6.45) is 4.59. The first-order valence-corrected chi connectivity index (χ1v) is 13.5. The molecule has 0 N–H and O–H groups in total. The van der Waals surface area contributed by atoms with Crippen LogP contribution in [-0.4, -0.2) is 19.7 Å². The van der Waals surface area contributed by atoms with Crippen LogP contribution in [0.4, 0.5) is 0 Å². The second-order valence-corrected chi connectivity index (χ2v) is 9.95. The second kappa shape index (κ2) is 14.2. The SMILES string of the molecule is CCCCC(CC)COC(=O)C(C#N)=C(CC(C)(c1ccccc1)c1ccccc1)c1ccc(OC)cc1.